The molecule has 1 amide bonds. The van der Waals surface area contributed by atoms with Crippen molar-refractivity contribution in [3.63, 3.8) is 0 Å². The van der Waals surface area contributed by atoms with Gasteiger partial charge in [0.1, 0.15) is 5.57 Å². The monoisotopic (exact) mass is 280 g/mol. The summed E-state index contributed by atoms with van der Waals surface area (Å²) in [4.78, 5) is 25.0. The molecular formula is C11H8N2O3S2. The van der Waals surface area contributed by atoms with E-state index in [2.05, 4.69) is 16.9 Å². The first-order valence-corrected chi connectivity index (χ1v) is 6.06. The fourth-order valence-corrected chi connectivity index (χ4v) is 2.48. The maximum atomic E-state index is 11.5. The van der Waals surface area contributed by atoms with Crippen LogP contribution >= 0.6 is 23.6 Å². The van der Waals surface area contributed by atoms with Crippen LogP contribution in [0, 0.1) is 3.95 Å². The van der Waals surface area contributed by atoms with E-state index in [1.54, 1.807) is 18.2 Å². The Morgan fingerprint density at radius 2 is 2.17 bits per heavy atom. The number of H-pyrrole nitrogens is 1. The number of benzene rings is 1. The van der Waals surface area contributed by atoms with E-state index in [-0.39, 0.29) is 0 Å². The molecule has 2 aromatic rings. The van der Waals surface area contributed by atoms with E-state index in [0.717, 1.165) is 10.2 Å². The molecule has 0 spiro atoms. The molecule has 3 N–H and O–H groups in total. The van der Waals surface area contributed by atoms with Gasteiger partial charge in [-0.1, -0.05) is 6.58 Å². The van der Waals surface area contributed by atoms with Gasteiger partial charge < -0.3 is 15.4 Å². The minimum absolute atomic E-state index is 0.500. The zero-order chi connectivity index (χ0) is 13.3. The molecule has 7 heteroatoms. The summed E-state index contributed by atoms with van der Waals surface area (Å²) in [6, 6.07) is 5.15. The summed E-state index contributed by atoms with van der Waals surface area (Å²) >= 11 is 6.38. The number of rotatable bonds is 3. The molecule has 0 bridgehead atoms. The summed E-state index contributed by atoms with van der Waals surface area (Å²) in [5, 5.41) is 11.1. The number of aliphatic carboxylic acids is 1. The zero-order valence-electron chi connectivity index (χ0n) is 9.02. The van der Waals surface area contributed by atoms with E-state index in [1.807, 2.05) is 0 Å². The molecule has 2 rings (SSSR count). The van der Waals surface area contributed by atoms with E-state index in [0.29, 0.717) is 9.64 Å². The number of carbonyl (C=O) groups is 2. The number of hydrogen-bond acceptors (Lipinski definition) is 4. The predicted molar refractivity (Wildman–Crippen MR) is 72.4 cm³/mol. The van der Waals surface area contributed by atoms with Crippen molar-refractivity contribution in [2.75, 3.05) is 5.32 Å². The second-order valence-corrected chi connectivity index (χ2v) is 5.18. The van der Waals surface area contributed by atoms with Crippen molar-refractivity contribution in [1.82, 2.24) is 4.98 Å². The third-order valence-corrected chi connectivity index (χ3v) is 3.41. The number of anilines is 1. The molecule has 0 saturated heterocycles. The molecule has 1 aromatic carbocycles. The van der Waals surface area contributed by atoms with Crippen LogP contribution in [0.1, 0.15) is 0 Å². The van der Waals surface area contributed by atoms with Crippen LogP contribution in [-0.2, 0) is 9.59 Å². The van der Waals surface area contributed by atoms with Gasteiger partial charge in [-0.3, -0.25) is 4.79 Å². The van der Waals surface area contributed by atoms with Crippen LogP contribution in [0.15, 0.2) is 30.4 Å². The Balaban J connectivity index is 2.27. The van der Waals surface area contributed by atoms with Crippen molar-refractivity contribution in [2.24, 2.45) is 0 Å². The number of carboxylic acids is 1. The summed E-state index contributed by atoms with van der Waals surface area (Å²) in [6.45, 7) is 3.18. The molecule has 0 aliphatic rings. The first kappa shape index (κ1) is 12.5. The van der Waals surface area contributed by atoms with Crippen molar-refractivity contribution < 1.29 is 14.7 Å². The second-order valence-electron chi connectivity index (χ2n) is 3.46. The van der Waals surface area contributed by atoms with Gasteiger partial charge in [-0.05, 0) is 30.4 Å². The van der Waals surface area contributed by atoms with E-state index >= 15 is 0 Å². The standard InChI is InChI=1S/C11H8N2O3S2/c1-5(10(15)16)9(14)12-6-2-3-7-8(4-6)18-11(17)13-7/h2-4H,1H2,(H,12,14)(H,13,17)(H,15,16). The van der Waals surface area contributed by atoms with Crippen molar-refractivity contribution in [1.29, 1.82) is 0 Å². The number of fused-ring (bicyclic) bond motifs is 1. The molecule has 0 aliphatic heterocycles. The molecular weight excluding hydrogens is 272 g/mol. The first-order valence-electron chi connectivity index (χ1n) is 4.84. The molecule has 0 unspecified atom stereocenters. The number of carbonyl (C=O) groups excluding carboxylic acids is 1. The normalized spacial score (nSPS) is 10.2. The predicted octanol–water partition coefficient (Wildman–Crippen LogP) is 2.54. The third-order valence-electron chi connectivity index (χ3n) is 2.21. The van der Waals surface area contributed by atoms with Crippen LogP contribution in [0.3, 0.4) is 0 Å². The van der Waals surface area contributed by atoms with Gasteiger partial charge in [-0.25, -0.2) is 4.79 Å². The number of hydrogen-bond donors (Lipinski definition) is 3. The van der Waals surface area contributed by atoms with Gasteiger partial charge in [0.15, 0.2) is 3.95 Å². The van der Waals surface area contributed by atoms with Crippen molar-refractivity contribution in [2.45, 2.75) is 0 Å². The summed E-state index contributed by atoms with van der Waals surface area (Å²) in [5.74, 6) is -2.08. The number of amides is 1. The van der Waals surface area contributed by atoms with Gasteiger partial charge >= 0.3 is 5.97 Å². The van der Waals surface area contributed by atoms with Gasteiger partial charge in [0.2, 0.25) is 0 Å². The zero-order valence-corrected chi connectivity index (χ0v) is 10.7. The van der Waals surface area contributed by atoms with Crippen molar-refractivity contribution >= 4 is 51.3 Å². The van der Waals surface area contributed by atoms with E-state index in [1.165, 1.54) is 11.3 Å². The molecule has 18 heavy (non-hydrogen) atoms. The highest BCUT2D eigenvalue weighted by molar-refractivity contribution is 7.73. The average Bonchev–Trinajstić information content (AvgIpc) is 2.67. The molecule has 0 radical (unpaired) electrons. The van der Waals surface area contributed by atoms with Crippen LogP contribution in [0.2, 0.25) is 0 Å². The van der Waals surface area contributed by atoms with E-state index in [9.17, 15) is 9.59 Å². The number of nitrogens with one attached hydrogen (secondary N) is 2. The lowest BCUT2D eigenvalue weighted by molar-refractivity contribution is -0.134. The van der Waals surface area contributed by atoms with Crippen molar-refractivity contribution in [3.05, 3.63) is 34.3 Å². The Hall–Kier alpha value is -1.99. The Morgan fingerprint density at radius 3 is 2.83 bits per heavy atom. The van der Waals surface area contributed by atoms with E-state index < -0.39 is 17.4 Å². The second kappa shape index (κ2) is 4.71. The quantitative estimate of drug-likeness (QED) is 0.349. The van der Waals surface area contributed by atoms with Gasteiger partial charge in [-0.2, -0.15) is 0 Å². The van der Waals surface area contributed by atoms with Crippen LogP contribution in [0.4, 0.5) is 5.69 Å². The largest absolute Gasteiger partial charge is 0.478 e. The highest BCUT2D eigenvalue weighted by Gasteiger charge is 2.14. The topological polar surface area (TPSA) is 82.2 Å². The Morgan fingerprint density at radius 1 is 1.44 bits per heavy atom. The Kier molecular flexibility index (Phi) is 3.26. The molecule has 5 nitrogen and oxygen atoms in total. The summed E-state index contributed by atoms with van der Waals surface area (Å²) < 4.78 is 1.53. The Labute approximate surface area is 111 Å². The van der Waals surface area contributed by atoms with Crippen LogP contribution in [0.25, 0.3) is 10.2 Å². The number of aromatic amines is 1. The molecule has 1 heterocycles. The van der Waals surface area contributed by atoms with Gasteiger partial charge in [0.25, 0.3) is 5.91 Å². The first-order chi connectivity index (χ1) is 8.47. The van der Waals surface area contributed by atoms with Crippen LogP contribution in [0.5, 0.6) is 0 Å². The number of carboxylic acid groups (broad SMARTS) is 1. The van der Waals surface area contributed by atoms with Gasteiger partial charge in [0, 0.05) is 5.69 Å². The number of aromatic nitrogens is 1. The lowest BCUT2D eigenvalue weighted by atomic mass is 10.2. The minimum atomic E-state index is -1.34. The van der Waals surface area contributed by atoms with Gasteiger partial charge in [0.05, 0.1) is 10.2 Å². The molecule has 0 saturated carbocycles. The minimum Gasteiger partial charge on any atom is -0.478 e. The fourth-order valence-electron chi connectivity index (χ4n) is 1.33. The lowest BCUT2D eigenvalue weighted by Gasteiger charge is -2.04. The highest BCUT2D eigenvalue weighted by atomic mass is 32.1. The van der Waals surface area contributed by atoms with Crippen molar-refractivity contribution in [3.8, 4) is 0 Å². The lowest BCUT2D eigenvalue weighted by Crippen LogP contribution is -2.19. The maximum absolute atomic E-state index is 11.5. The summed E-state index contributed by atoms with van der Waals surface area (Å²) in [6.07, 6.45) is 0. The number of thiazole rings is 1. The van der Waals surface area contributed by atoms with Crippen LogP contribution < -0.4 is 5.32 Å². The maximum Gasteiger partial charge on any atom is 0.340 e. The Bertz CT molecular complexity index is 714. The van der Waals surface area contributed by atoms with Crippen LogP contribution in [-0.4, -0.2) is 22.0 Å². The average molecular weight is 280 g/mol. The molecule has 1 aromatic heterocycles. The molecule has 92 valence electrons. The molecule has 0 fully saturated rings. The third kappa shape index (κ3) is 2.47. The smallest absolute Gasteiger partial charge is 0.340 e. The fraction of sp³-hybridized carbons (Fsp3) is 0. The molecule has 0 aliphatic carbocycles. The summed E-state index contributed by atoms with van der Waals surface area (Å²) in [5.41, 5.74) is 0.872. The molecule has 0 atom stereocenters. The van der Waals surface area contributed by atoms with Gasteiger partial charge in [-0.15, -0.1) is 11.3 Å². The SMILES string of the molecule is C=C(C(=O)O)C(=O)Nc1ccc2[nH]c(=S)sc2c1. The highest BCUT2D eigenvalue weighted by Crippen LogP contribution is 2.23. The summed E-state index contributed by atoms with van der Waals surface area (Å²) in [7, 11) is 0. The van der Waals surface area contributed by atoms with E-state index in [4.69, 9.17) is 17.3 Å².